The van der Waals surface area contributed by atoms with Gasteiger partial charge in [0, 0.05) is 25.7 Å². The van der Waals surface area contributed by atoms with Gasteiger partial charge in [0.2, 0.25) is 0 Å². The Hall–Kier alpha value is -1.94. The van der Waals surface area contributed by atoms with Gasteiger partial charge in [0.05, 0.1) is 26.4 Å². The molecule has 4 unspecified atom stereocenters. The average Bonchev–Trinajstić information content (AvgIpc) is 3.67. The molecule has 0 aromatic heterocycles. The van der Waals surface area contributed by atoms with Gasteiger partial charge in [-0.05, 0) is 49.4 Å². The minimum absolute atomic E-state index is 0.101. The molecule has 0 radical (unpaired) electrons. The van der Waals surface area contributed by atoms with Crippen LogP contribution in [0.1, 0.15) is 338 Å². The second-order valence-electron chi connectivity index (χ2n) is 26.6. The molecule has 0 saturated carbocycles. The van der Waals surface area contributed by atoms with E-state index in [-0.39, 0.29) is 25.7 Å². The maximum absolute atomic E-state index is 13.0. The molecule has 522 valence electrons. The molecule has 88 heavy (non-hydrogen) atoms. The van der Waals surface area contributed by atoms with Gasteiger partial charge in [0.25, 0.3) is 0 Å². The van der Waals surface area contributed by atoms with Crippen molar-refractivity contribution >= 4 is 39.5 Å². The van der Waals surface area contributed by atoms with Crippen LogP contribution < -0.4 is 0 Å². The number of carbonyl (C=O) groups is 4. The molecule has 0 aliphatic rings. The molecule has 0 heterocycles. The van der Waals surface area contributed by atoms with Crippen molar-refractivity contribution in [2.75, 3.05) is 39.6 Å². The lowest BCUT2D eigenvalue weighted by atomic mass is 9.99. The molecule has 19 heteroatoms. The molecule has 0 aliphatic carbocycles. The van der Waals surface area contributed by atoms with Crippen molar-refractivity contribution in [2.45, 2.75) is 356 Å². The summed E-state index contributed by atoms with van der Waals surface area (Å²) in [6.45, 7) is 14.0. The van der Waals surface area contributed by atoms with Gasteiger partial charge in [-0.3, -0.25) is 37.3 Å². The standard InChI is InChI=1S/C69H134O17P2/c1-9-62(8)48-40-32-23-18-19-24-33-41-49-66(71)79-55-64(85-68(73)51-43-35-25-17-15-13-11-10-12-14-16-21-29-37-45-59(2)3)57-83-87(75,76)81-53-63(70)54-82-88(77,78)84-58-65(86-69(74)52-44-36-28-27-31-39-47-61(6)7)56-80-67(72)50-42-34-26-20-22-30-38-46-60(4)5/h59-65,70H,9-58H2,1-8H3,(H,75,76)(H,77,78)/t62?,63?,64-,65-/m1/s1. The van der Waals surface area contributed by atoms with Crippen LogP contribution in [0.3, 0.4) is 0 Å². The van der Waals surface area contributed by atoms with Crippen LogP contribution in [-0.2, 0) is 65.4 Å². The quantitative estimate of drug-likeness (QED) is 0.0222. The molecule has 3 N–H and O–H groups in total. The molecular formula is C69H134O17P2. The predicted octanol–water partition coefficient (Wildman–Crippen LogP) is 19.3. The van der Waals surface area contributed by atoms with Crippen molar-refractivity contribution in [1.82, 2.24) is 0 Å². The summed E-state index contributed by atoms with van der Waals surface area (Å²) in [6.07, 6.45) is 40.5. The summed E-state index contributed by atoms with van der Waals surface area (Å²) >= 11 is 0. The highest BCUT2D eigenvalue weighted by Crippen LogP contribution is 2.45. The SMILES string of the molecule is CCC(C)CCCCCCCCCCC(=O)OC[C@H](COP(=O)(O)OCC(O)COP(=O)(O)OC[C@@H](COC(=O)CCCCCCCCCC(C)C)OC(=O)CCCCCCCCC(C)C)OC(=O)CCCCCCCCCCCCCCCCC(C)C. The van der Waals surface area contributed by atoms with E-state index < -0.39 is 97.5 Å². The van der Waals surface area contributed by atoms with Gasteiger partial charge in [-0.25, -0.2) is 9.13 Å². The topological polar surface area (TPSA) is 237 Å². The Morgan fingerprint density at radius 2 is 0.545 bits per heavy atom. The van der Waals surface area contributed by atoms with Gasteiger partial charge < -0.3 is 33.8 Å². The molecule has 17 nitrogen and oxygen atoms in total. The monoisotopic (exact) mass is 1300 g/mol. The van der Waals surface area contributed by atoms with Crippen LogP contribution in [0.15, 0.2) is 0 Å². The highest BCUT2D eigenvalue weighted by Gasteiger charge is 2.30. The van der Waals surface area contributed by atoms with Crippen molar-refractivity contribution < 1.29 is 80.2 Å². The van der Waals surface area contributed by atoms with Crippen LogP contribution in [-0.4, -0.2) is 96.7 Å². The van der Waals surface area contributed by atoms with Crippen LogP contribution in [0, 0.1) is 23.7 Å². The third-order valence-corrected chi connectivity index (χ3v) is 18.1. The van der Waals surface area contributed by atoms with E-state index in [4.69, 9.17) is 37.0 Å². The van der Waals surface area contributed by atoms with Crippen molar-refractivity contribution in [3.05, 3.63) is 0 Å². The van der Waals surface area contributed by atoms with E-state index in [9.17, 15) is 43.2 Å². The Labute approximate surface area is 537 Å². The summed E-state index contributed by atoms with van der Waals surface area (Å²) in [4.78, 5) is 72.4. The fourth-order valence-corrected chi connectivity index (χ4v) is 11.9. The zero-order valence-corrected chi connectivity index (χ0v) is 59.1. The van der Waals surface area contributed by atoms with E-state index in [1.807, 2.05) is 0 Å². The predicted molar refractivity (Wildman–Crippen MR) is 354 cm³/mol. The number of aliphatic hydroxyl groups excluding tert-OH is 1. The fourth-order valence-electron chi connectivity index (χ4n) is 10.3. The third kappa shape index (κ3) is 61.6. The minimum atomic E-state index is -4.95. The number of hydrogen-bond acceptors (Lipinski definition) is 15. The molecule has 0 saturated heterocycles. The molecule has 0 aromatic carbocycles. The van der Waals surface area contributed by atoms with Crippen molar-refractivity contribution in [3.63, 3.8) is 0 Å². The van der Waals surface area contributed by atoms with Crippen molar-refractivity contribution in [2.24, 2.45) is 23.7 Å². The van der Waals surface area contributed by atoms with Gasteiger partial charge in [0.15, 0.2) is 12.2 Å². The van der Waals surface area contributed by atoms with Crippen LogP contribution in [0.4, 0.5) is 0 Å². The Kier molecular flexibility index (Phi) is 57.6. The Balaban J connectivity index is 5.23. The molecule has 0 spiro atoms. The number of aliphatic hydroxyl groups is 1. The number of phosphoric acid groups is 2. The zero-order chi connectivity index (χ0) is 65.4. The maximum atomic E-state index is 13.0. The molecular weight excluding hydrogens is 1160 g/mol. The highest BCUT2D eigenvalue weighted by molar-refractivity contribution is 7.47. The summed E-state index contributed by atoms with van der Waals surface area (Å²) in [5.41, 5.74) is 0. The lowest BCUT2D eigenvalue weighted by Crippen LogP contribution is -2.30. The van der Waals surface area contributed by atoms with Crippen molar-refractivity contribution in [3.8, 4) is 0 Å². The van der Waals surface area contributed by atoms with Crippen molar-refractivity contribution in [1.29, 1.82) is 0 Å². The lowest BCUT2D eigenvalue weighted by molar-refractivity contribution is -0.161. The van der Waals surface area contributed by atoms with Gasteiger partial charge in [-0.2, -0.15) is 0 Å². The van der Waals surface area contributed by atoms with E-state index in [0.29, 0.717) is 37.5 Å². The van der Waals surface area contributed by atoms with Gasteiger partial charge in [0.1, 0.15) is 19.3 Å². The summed E-state index contributed by atoms with van der Waals surface area (Å²) < 4.78 is 68.2. The van der Waals surface area contributed by atoms with Gasteiger partial charge >= 0.3 is 39.5 Å². The summed E-state index contributed by atoms with van der Waals surface area (Å²) in [7, 11) is -9.90. The first-order valence-electron chi connectivity index (χ1n) is 35.7. The van der Waals surface area contributed by atoms with E-state index >= 15 is 0 Å². The number of rotatable bonds is 66. The molecule has 0 amide bonds. The Morgan fingerprint density at radius 3 is 0.807 bits per heavy atom. The summed E-state index contributed by atoms with van der Waals surface area (Å²) in [6, 6.07) is 0. The normalized spacial score (nSPS) is 14.6. The maximum Gasteiger partial charge on any atom is 0.472 e. The second kappa shape index (κ2) is 58.8. The minimum Gasteiger partial charge on any atom is -0.462 e. The number of unbranched alkanes of at least 4 members (excludes halogenated alkanes) is 31. The van der Waals surface area contributed by atoms with Crippen LogP contribution in [0.5, 0.6) is 0 Å². The third-order valence-electron chi connectivity index (χ3n) is 16.2. The smallest absolute Gasteiger partial charge is 0.462 e. The molecule has 6 atom stereocenters. The van der Waals surface area contributed by atoms with E-state index in [1.54, 1.807) is 0 Å². The number of phosphoric ester groups is 2. The van der Waals surface area contributed by atoms with Crippen LogP contribution in [0.25, 0.3) is 0 Å². The Morgan fingerprint density at radius 1 is 0.318 bits per heavy atom. The first-order chi connectivity index (χ1) is 42.1. The number of esters is 4. The molecule has 0 fully saturated rings. The lowest BCUT2D eigenvalue weighted by Gasteiger charge is -2.21. The first kappa shape index (κ1) is 86.1. The molecule has 0 aliphatic heterocycles. The molecule has 0 aromatic rings. The van der Waals surface area contributed by atoms with Crippen LogP contribution in [0.2, 0.25) is 0 Å². The second-order valence-corrected chi connectivity index (χ2v) is 29.5. The molecule has 0 bridgehead atoms. The van der Waals surface area contributed by atoms with Gasteiger partial charge in [-0.15, -0.1) is 0 Å². The average molecular weight is 1300 g/mol. The molecule has 0 rings (SSSR count). The van der Waals surface area contributed by atoms with E-state index in [0.717, 1.165) is 108 Å². The fraction of sp³-hybridized carbons (Fsp3) is 0.942. The highest BCUT2D eigenvalue weighted by atomic mass is 31.2. The Bertz CT molecular complexity index is 1750. The summed E-state index contributed by atoms with van der Waals surface area (Å²) in [5.74, 6) is 0.811. The number of ether oxygens (including phenoxy) is 4. The summed E-state index contributed by atoms with van der Waals surface area (Å²) in [5, 5.41) is 10.6. The zero-order valence-electron chi connectivity index (χ0n) is 57.3. The van der Waals surface area contributed by atoms with Gasteiger partial charge in [-0.1, -0.05) is 287 Å². The van der Waals surface area contributed by atoms with Crippen LogP contribution >= 0.6 is 15.6 Å². The number of hydrogen-bond donors (Lipinski definition) is 3. The first-order valence-corrected chi connectivity index (χ1v) is 38.7. The van der Waals surface area contributed by atoms with E-state index in [2.05, 4.69) is 55.4 Å². The largest absolute Gasteiger partial charge is 0.472 e. The number of carbonyl (C=O) groups excluding carboxylic acids is 4. The van der Waals surface area contributed by atoms with E-state index in [1.165, 1.54) is 135 Å².